The standard InChI is InChI=1S/C18H37N/c1-11(2)18-10-14(5)15(6)12(3)8-17(19)9-13(4)16(18)7/h11-18H,8-10,19H2,1-7H3. The van der Waals surface area contributed by atoms with Crippen molar-refractivity contribution in [1.29, 1.82) is 0 Å². The highest BCUT2D eigenvalue weighted by molar-refractivity contribution is 4.83. The first-order valence-electron chi connectivity index (χ1n) is 8.49. The molecule has 1 aliphatic rings. The second-order valence-corrected chi connectivity index (χ2v) is 8.03. The van der Waals surface area contributed by atoms with Gasteiger partial charge in [0.25, 0.3) is 0 Å². The highest BCUT2D eigenvalue weighted by Gasteiger charge is 2.32. The fourth-order valence-electron chi connectivity index (χ4n) is 4.20. The molecule has 0 heterocycles. The van der Waals surface area contributed by atoms with E-state index in [-0.39, 0.29) is 0 Å². The van der Waals surface area contributed by atoms with Crippen molar-refractivity contribution in [2.75, 3.05) is 0 Å². The zero-order chi connectivity index (χ0) is 14.7. The van der Waals surface area contributed by atoms with Gasteiger partial charge in [-0.1, -0.05) is 48.5 Å². The van der Waals surface area contributed by atoms with Gasteiger partial charge in [0.1, 0.15) is 0 Å². The molecule has 2 N–H and O–H groups in total. The Hall–Kier alpha value is -0.0400. The Labute approximate surface area is 121 Å². The maximum absolute atomic E-state index is 6.40. The van der Waals surface area contributed by atoms with E-state index in [1.54, 1.807) is 0 Å². The molecule has 1 heteroatoms. The minimum Gasteiger partial charge on any atom is -0.328 e. The van der Waals surface area contributed by atoms with Crippen LogP contribution in [0.25, 0.3) is 0 Å². The van der Waals surface area contributed by atoms with Gasteiger partial charge in [-0.25, -0.2) is 0 Å². The minimum absolute atomic E-state index is 0.396. The van der Waals surface area contributed by atoms with Crippen LogP contribution in [0.15, 0.2) is 0 Å². The number of rotatable bonds is 1. The van der Waals surface area contributed by atoms with Crippen molar-refractivity contribution in [3.8, 4) is 0 Å². The molecule has 1 saturated carbocycles. The number of nitrogens with two attached hydrogens (primary N) is 1. The summed E-state index contributed by atoms with van der Waals surface area (Å²) in [5.41, 5.74) is 6.40. The third kappa shape index (κ3) is 4.48. The van der Waals surface area contributed by atoms with Crippen LogP contribution in [0.4, 0.5) is 0 Å². The summed E-state index contributed by atoms with van der Waals surface area (Å²) in [7, 11) is 0. The lowest BCUT2D eigenvalue weighted by atomic mass is 9.67. The Balaban J connectivity index is 2.91. The summed E-state index contributed by atoms with van der Waals surface area (Å²) < 4.78 is 0. The quantitative estimate of drug-likeness (QED) is 0.714. The van der Waals surface area contributed by atoms with E-state index < -0.39 is 0 Å². The van der Waals surface area contributed by atoms with Crippen LogP contribution >= 0.6 is 0 Å². The van der Waals surface area contributed by atoms with Gasteiger partial charge in [0, 0.05) is 6.04 Å². The summed E-state index contributed by atoms with van der Waals surface area (Å²) in [5.74, 6) is 5.58. The fraction of sp³-hybridized carbons (Fsp3) is 1.00. The molecule has 1 aliphatic carbocycles. The third-order valence-electron chi connectivity index (χ3n) is 6.22. The van der Waals surface area contributed by atoms with Crippen LogP contribution in [0.3, 0.4) is 0 Å². The molecule has 114 valence electrons. The molecule has 7 unspecified atom stereocenters. The molecule has 0 radical (unpaired) electrons. The Bertz CT molecular complexity index is 260. The van der Waals surface area contributed by atoms with Crippen molar-refractivity contribution in [3.05, 3.63) is 0 Å². The van der Waals surface area contributed by atoms with E-state index in [9.17, 15) is 0 Å². The molecular weight excluding hydrogens is 230 g/mol. The lowest BCUT2D eigenvalue weighted by molar-refractivity contribution is 0.113. The Morgan fingerprint density at radius 3 is 1.63 bits per heavy atom. The molecule has 0 bridgehead atoms. The van der Waals surface area contributed by atoms with E-state index >= 15 is 0 Å². The van der Waals surface area contributed by atoms with Gasteiger partial charge in [-0.05, 0) is 60.7 Å². The second kappa shape index (κ2) is 7.11. The molecule has 1 rings (SSSR count). The summed E-state index contributed by atoms with van der Waals surface area (Å²) in [6.45, 7) is 17.0. The fourth-order valence-corrected chi connectivity index (χ4v) is 4.20. The lowest BCUT2D eigenvalue weighted by Crippen LogP contribution is -2.35. The van der Waals surface area contributed by atoms with Crippen molar-refractivity contribution < 1.29 is 0 Å². The molecule has 1 fully saturated rings. The summed E-state index contributed by atoms with van der Waals surface area (Å²) in [6.07, 6.45) is 3.80. The summed E-state index contributed by atoms with van der Waals surface area (Å²) in [6, 6.07) is 0.396. The van der Waals surface area contributed by atoms with Crippen LogP contribution in [0.5, 0.6) is 0 Å². The molecule has 0 aromatic heterocycles. The van der Waals surface area contributed by atoms with Gasteiger partial charge >= 0.3 is 0 Å². The van der Waals surface area contributed by atoms with Crippen molar-refractivity contribution in [3.63, 3.8) is 0 Å². The summed E-state index contributed by atoms with van der Waals surface area (Å²) in [5, 5.41) is 0. The molecule has 7 atom stereocenters. The van der Waals surface area contributed by atoms with Crippen LogP contribution in [-0.4, -0.2) is 6.04 Å². The van der Waals surface area contributed by atoms with E-state index in [4.69, 9.17) is 5.73 Å². The molecule has 0 aromatic rings. The van der Waals surface area contributed by atoms with Crippen LogP contribution in [0, 0.1) is 41.4 Å². The van der Waals surface area contributed by atoms with E-state index in [1.165, 1.54) is 19.3 Å². The monoisotopic (exact) mass is 267 g/mol. The topological polar surface area (TPSA) is 26.0 Å². The van der Waals surface area contributed by atoms with Gasteiger partial charge < -0.3 is 5.73 Å². The summed E-state index contributed by atoms with van der Waals surface area (Å²) in [4.78, 5) is 0. The van der Waals surface area contributed by atoms with Crippen LogP contribution in [0.2, 0.25) is 0 Å². The van der Waals surface area contributed by atoms with Crippen molar-refractivity contribution >= 4 is 0 Å². The SMILES string of the molecule is CC(C)C1CC(C)C(C)C(C)CC(N)CC(C)C1C. The maximum Gasteiger partial charge on any atom is 0.00441 e. The molecule has 0 aliphatic heterocycles. The van der Waals surface area contributed by atoms with Crippen LogP contribution in [-0.2, 0) is 0 Å². The highest BCUT2D eigenvalue weighted by atomic mass is 14.6. The van der Waals surface area contributed by atoms with Crippen LogP contribution < -0.4 is 5.73 Å². The second-order valence-electron chi connectivity index (χ2n) is 8.03. The largest absolute Gasteiger partial charge is 0.328 e. The molecular formula is C18H37N. The first-order chi connectivity index (χ1) is 8.73. The predicted octanol–water partition coefficient (Wildman–Crippen LogP) is 4.95. The van der Waals surface area contributed by atoms with Crippen molar-refractivity contribution in [2.45, 2.75) is 73.8 Å². The average molecular weight is 268 g/mol. The summed E-state index contributed by atoms with van der Waals surface area (Å²) >= 11 is 0. The van der Waals surface area contributed by atoms with E-state index in [2.05, 4.69) is 48.5 Å². The van der Waals surface area contributed by atoms with Gasteiger partial charge in [-0.2, -0.15) is 0 Å². The molecule has 0 saturated heterocycles. The van der Waals surface area contributed by atoms with Gasteiger partial charge in [-0.15, -0.1) is 0 Å². The average Bonchev–Trinajstić information content (AvgIpc) is 2.31. The molecule has 0 amide bonds. The number of hydrogen-bond donors (Lipinski definition) is 1. The zero-order valence-corrected chi connectivity index (χ0v) is 14.3. The maximum atomic E-state index is 6.40. The van der Waals surface area contributed by atoms with Crippen molar-refractivity contribution in [2.24, 2.45) is 47.2 Å². The highest BCUT2D eigenvalue weighted by Crippen LogP contribution is 2.39. The van der Waals surface area contributed by atoms with Gasteiger partial charge in [-0.3, -0.25) is 0 Å². The Kier molecular flexibility index (Phi) is 6.36. The third-order valence-corrected chi connectivity index (χ3v) is 6.22. The van der Waals surface area contributed by atoms with Gasteiger partial charge in [0.15, 0.2) is 0 Å². The molecule has 1 nitrogen and oxygen atoms in total. The Morgan fingerprint density at radius 1 is 0.737 bits per heavy atom. The van der Waals surface area contributed by atoms with E-state index in [0.29, 0.717) is 6.04 Å². The Morgan fingerprint density at radius 2 is 1.16 bits per heavy atom. The van der Waals surface area contributed by atoms with Crippen molar-refractivity contribution in [1.82, 2.24) is 0 Å². The van der Waals surface area contributed by atoms with E-state index in [0.717, 1.165) is 41.4 Å². The lowest BCUT2D eigenvalue weighted by Gasteiger charge is -2.39. The van der Waals surface area contributed by atoms with Gasteiger partial charge in [0.2, 0.25) is 0 Å². The molecule has 19 heavy (non-hydrogen) atoms. The smallest absolute Gasteiger partial charge is 0.00441 e. The van der Waals surface area contributed by atoms with Gasteiger partial charge in [0.05, 0.1) is 0 Å². The molecule has 0 spiro atoms. The zero-order valence-electron chi connectivity index (χ0n) is 14.3. The van der Waals surface area contributed by atoms with E-state index in [1.807, 2.05) is 0 Å². The van der Waals surface area contributed by atoms with Crippen LogP contribution in [0.1, 0.15) is 67.7 Å². The minimum atomic E-state index is 0.396. The first-order valence-corrected chi connectivity index (χ1v) is 8.49. The first kappa shape index (κ1) is 17.0. The normalized spacial score (nSPS) is 46.3. The predicted molar refractivity (Wildman–Crippen MR) is 86.0 cm³/mol. The molecule has 0 aromatic carbocycles. The number of hydrogen-bond acceptors (Lipinski definition) is 1.